The van der Waals surface area contributed by atoms with Gasteiger partial charge in [-0.2, -0.15) is 13.2 Å². The van der Waals surface area contributed by atoms with Crippen molar-refractivity contribution in [3.05, 3.63) is 70.8 Å². The van der Waals surface area contributed by atoms with Crippen LogP contribution in [0.15, 0.2) is 53.9 Å². The molecule has 0 atom stereocenters. The van der Waals surface area contributed by atoms with Crippen LogP contribution in [0.25, 0.3) is 10.2 Å². The second-order valence-electron chi connectivity index (χ2n) is 5.76. The van der Waals surface area contributed by atoms with Crippen LogP contribution in [0.2, 0.25) is 0 Å². The summed E-state index contributed by atoms with van der Waals surface area (Å²) in [5.74, 6) is -0.310. The molecule has 0 saturated heterocycles. The van der Waals surface area contributed by atoms with E-state index in [1.807, 2.05) is 41.2 Å². The number of thiophene rings is 1. The number of hydrogen-bond donors (Lipinski definition) is 1. The van der Waals surface area contributed by atoms with Crippen molar-refractivity contribution in [1.82, 2.24) is 9.88 Å². The first-order chi connectivity index (χ1) is 12.4. The molecule has 0 aliphatic heterocycles. The normalized spacial score (nSPS) is 12.2. The Morgan fingerprint density at radius 2 is 2.08 bits per heavy atom. The van der Waals surface area contributed by atoms with Gasteiger partial charge in [0.15, 0.2) is 0 Å². The number of hydrogen-bond acceptors (Lipinski definition) is 2. The molecule has 136 valence electrons. The number of nitrogens with one attached hydrogen (secondary N) is 1. The van der Waals surface area contributed by atoms with E-state index in [0.717, 1.165) is 22.3 Å². The Morgan fingerprint density at radius 3 is 2.81 bits per heavy atom. The fourth-order valence-corrected chi connectivity index (χ4v) is 3.53. The zero-order valence-electron chi connectivity index (χ0n) is 14.0. The monoisotopic (exact) mass is 378 g/mol. The number of carbonyl (C=O) groups is 1. The summed E-state index contributed by atoms with van der Waals surface area (Å²) in [6.45, 7) is 2.50. The minimum Gasteiger partial charge on any atom is -0.347 e. The Labute approximate surface area is 152 Å². The topological polar surface area (TPSA) is 34.0 Å². The Kier molecular flexibility index (Phi) is 5.18. The van der Waals surface area contributed by atoms with Gasteiger partial charge in [0.05, 0.1) is 15.8 Å². The molecule has 3 nitrogen and oxygen atoms in total. The minimum absolute atomic E-state index is 0.0329. The third-order valence-corrected chi connectivity index (χ3v) is 4.84. The Bertz CT molecular complexity index is 953. The molecule has 0 spiro atoms. The second-order valence-corrected chi connectivity index (χ2v) is 6.71. The lowest BCUT2D eigenvalue weighted by molar-refractivity contribution is -0.137. The van der Waals surface area contributed by atoms with Crippen molar-refractivity contribution in [3.8, 4) is 0 Å². The van der Waals surface area contributed by atoms with Gasteiger partial charge in [0.1, 0.15) is 5.69 Å². The van der Waals surface area contributed by atoms with Gasteiger partial charge in [0.25, 0.3) is 5.91 Å². The third kappa shape index (κ3) is 3.83. The minimum atomic E-state index is -4.40. The van der Waals surface area contributed by atoms with E-state index in [9.17, 15) is 18.0 Å². The van der Waals surface area contributed by atoms with E-state index >= 15 is 0 Å². The van der Waals surface area contributed by atoms with Crippen molar-refractivity contribution in [1.29, 1.82) is 0 Å². The lowest BCUT2D eigenvalue weighted by atomic mass is 10.1. The molecule has 0 aliphatic rings. The van der Waals surface area contributed by atoms with Crippen LogP contribution in [0.3, 0.4) is 0 Å². The van der Waals surface area contributed by atoms with Gasteiger partial charge in [0, 0.05) is 13.1 Å². The highest BCUT2D eigenvalue weighted by Crippen LogP contribution is 2.29. The number of allylic oxidation sites excluding steroid dienone is 2. The first kappa shape index (κ1) is 18.3. The number of carbonyl (C=O) groups excluding carboxylic acids is 1. The molecule has 0 aliphatic carbocycles. The number of nitrogens with zero attached hydrogens (tertiary/aromatic N) is 1. The molecule has 3 rings (SSSR count). The summed E-state index contributed by atoms with van der Waals surface area (Å²) in [5, 5.41) is 4.67. The van der Waals surface area contributed by atoms with Crippen LogP contribution >= 0.6 is 11.3 Å². The first-order valence-electron chi connectivity index (χ1n) is 8.02. The molecule has 0 radical (unpaired) electrons. The molecule has 26 heavy (non-hydrogen) atoms. The van der Waals surface area contributed by atoms with Crippen LogP contribution in [0, 0.1) is 0 Å². The fourth-order valence-electron chi connectivity index (χ4n) is 2.70. The number of alkyl halides is 3. The third-order valence-electron chi connectivity index (χ3n) is 3.99. The van der Waals surface area contributed by atoms with Crippen molar-refractivity contribution < 1.29 is 18.0 Å². The van der Waals surface area contributed by atoms with Crippen LogP contribution in [0.1, 0.15) is 28.5 Å². The molecule has 3 aromatic rings. The summed E-state index contributed by atoms with van der Waals surface area (Å²) in [4.78, 5) is 12.6. The van der Waals surface area contributed by atoms with Crippen LogP contribution < -0.4 is 5.32 Å². The maximum absolute atomic E-state index is 12.8. The molecule has 0 unspecified atom stereocenters. The largest absolute Gasteiger partial charge is 0.416 e. The fraction of sp³-hybridized carbons (Fsp3) is 0.211. The van der Waals surface area contributed by atoms with Gasteiger partial charge in [-0.1, -0.05) is 24.3 Å². The summed E-state index contributed by atoms with van der Waals surface area (Å²) < 4.78 is 41.3. The molecule has 0 fully saturated rings. The van der Waals surface area contributed by atoms with E-state index in [4.69, 9.17) is 0 Å². The van der Waals surface area contributed by atoms with Gasteiger partial charge in [-0.25, -0.2) is 0 Å². The smallest absolute Gasteiger partial charge is 0.347 e. The Hall–Kier alpha value is -2.54. The van der Waals surface area contributed by atoms with E-state index in [1.165, 1.54) is 6.07 Å². The molecule has 0 bridgehead atoms. The molecule has 1 amide bonds. The van der Waals surface area contributed by atoms with E-state index in [-0.39, 0.29) is 12.5 Å². The van der Waals surface area contributed by atoms with Crippen LogP contribution in [0.4, 0.5) is 13.2 Å². The van der Waals surface area contributed by atoms with Gasteiger partial charge in [-0.05, 0) is 42.1 Å². The lowest BCUT2D eigenvalue weighted by Crippen LogP contribution is -2.25. The van der Waals surface area contributed by atoms with Gasteiger partial charge < -0.3 is 9.88 Å². The van der Waals surface area contributed by atoms with E-state index < -0.39 is 11.7 Å². The summed E-state index contributed by atoms with van der Waals surface area (Å²) in [5.41, 5.74) is 1.15. The first-order valence-corrected chi connectivity index (χ1v) is 8.90. The molecular weight excluding hydrogens is 361 g/mol. The van der Waals surface area contributed by atoms with Gasteiger partial charge >= 0.3 is 6.18 Å². The zero-order chi connectivity index (χ0) is 18.7. The van der Waals surface area contributed by atoms with Crippen LogP contribution in [0.5, 0.6) is 0 Å². The highest BCUT2D eigenvalue weighted by Gasteiger charge is 2.30. The van der Waals surface area contributed by atoms with Crippen molar-refractivity contribution in [2.24, 2.45) is 0 Å². The van der Waals surface area contributed by atoms with E-state index in [1.54, 1.807) is 17.4 Å². The van der Waals surface area contributed by atoms with Crippen LogP contribution in [-0.4, -0.2) is 10.5 Å². The molecule has 1 N–H and O–H groups in total. The molecule has 2 aromatic heterocycles. The number of benzene rings is 1. The van der Waals surface area contributed by atoms with Crippen molar-refractivity contribution in [3.63, 3.8) is 0 Å². The average molecular weight is 378 g/mol. The van der Waals surface area contributed by atoms with Gasteiger partial charge in [-0.15, -0.1) is 11.3 Å². The van der Waals surface area contributed by atoms with Crippen molar-refractivity contribution in [2.75, 3.05) is 0 Å². The molecule has 7 heteroatoms. The quantitative estimate of drug-likeness (QED) is 0.606. The summed E-state index contributed by atoms with van der Waals surface area (Å²) >= 11 is 1.54. The summed E-state index contributed by atoms with van der Waals surface area (Å²) in [6.07, 6.45) is -0.547. The van der Waals surface area contributed by atoms with E-state index in [2.05, 4.69) is 5.32 Å². The highest BCUT2D eigenvalue weighted by atomic mass is 32.1. The summed E-state index contributed by atoms with van der Waals surface area (Å²) in [6, 6.07) is 8.74. The molecule has 1 aromatic carbocycles. The van der Waals surface area contributed by atoms with Crippen molar-refractivity contribution >= 4 is 27.5 Å². The standard InChI is InChI=1S/C19H17F3N2OS/c1-2-3-8-24-15-7-9-26-17(15)11-16(24)18(25)23-12-13-5-4-6-14(10-13)19(20,21)22/h2-7,9-11H,8,12H2,1H3,(H,23,25). The maximum atomic E-state index is 12.8. The molecular formula is C19H17F3N2OS. The van der Waals surface area contributed by atoms with Gasteiger partial charge in [0.2, 0.25) is 0 Å². The maximum Gasteiger partial charge on any atom is 0.416 e. The second kappa shape index (κ2) is 7.37. The Balaban J connectivity index is 1.78. The van der Waals surface area contributed by atoms with Crippen molar-refractivity contribution in [2.45, 2.75) is 26.2 Å². The van der Waals surface area contributed by atoms with Gasteiger partial charge in [-0.3, -0.25) is 4.79 Å². The predicted molar refractivity (Wildman–Crippen MR) is 97.2 cm³/mol. The SMILES string of the molecule is CC=CCn1c(C(=O)NCc2cccc(C(F)(F)F)c2)cc2sccc21. The molecule has 0 saturated carbocycles. The predicted octanol–water partition coefficient (Wildman–Crippen LogP) is 5.23. The number of halogens is 3. The molecule has 2 heterocycles. The van der Waals surface area contributed by atoms with E-state index in [0.29, 0.717) is 17.8 Å². The van der Waals surface area contributed by atoms with Crippen LogP contribution in [-0.2, 0) is 19.3 Å². The highest BCUT2D eigenvalue weighted by molar-refractivity contribution is 7.17. The zero-order valence-corrected chi connectivity index (χ0v) is 14.8. The number of fused-ring (bicyclic) bond motifs is 1. The number of amides is 1. The number of aromatic nitrogens is 1. The average Bonchev–Trinajstić information content (AvgIpc) is 3.19. The summed E-state index contributed by atoms with van der Waals surface area (Å²) in [7, 11) is 0. The Morgan fingerprint density at radius 1 is 1.27 bits per heavy atom. The number of rotatable bonds is 5. The lowest BCUT2D eigenvalue weighted by Gasteiger charge is -2.11.